The van der Waals surface area contributed by atoms with Gasteiger partial charge in [0.1, 0.15) is 17.2 Å². The third kappa shape index (κ3) is 4.97. The normalized spacial score (nSPS) is 12.0. The highest BCUT2D eigenvalue weighted by Crippen LogP contribution is 2.37. The van der Waals surface area contributed by atoms with Gasteiger partial charge in [-0.05, 0) is 32.9 Å². The Hall–Kier alpha value is -3.54. The molecule has 0 atom stereocenters. The molecule has 0 saturated heterocycles. The molecule has 9 nitrogen and oxygen atoms in total. The number of aromatic nitrogens is 5. The lowest BCUT2D eigenvalue weighted by atomic mass is 9.98. The number of hydrogen-bond donors (Lipinski definition) is 3. The van der Waals surface area contributed by atoms with Gasteiger partial charge in [0.25, 0.3) is 0 Å². The number of nitrogen functional groups attached to an aromatic ring is 1. The maximum atomic E-state index is 13.3. The third-order valence-electron chi connectivity index (χ3n) is 4.21. The van der Waals surface area contributed by atoms with Gasteiger partial charge in [-0.15, -0.1) is 0 Å². The third-order valence-corrected chi connectivity index (χ3v) is 4.21. The number of alkyl halides is 3. The lowest BCUT2D eigenvalue weighted by molar-refractivity contribution is -0.139. The molecule has 31 heavy (non-hydrogen) atoms. The molecule has 3 aromatic heterocycles. The number of aliphatic hydroxyl groups is 1. The van der Waals surface area contributed by atoms with Gasteiger partial charge in [-0.3, -0.25) is 0 Å². The van der Waals surface area contributed by atoms with Gasteiger partial charge in [0, 0.05) is 11.8 Å². The second-order valence-corrected chi connectivity index (χ2v) is 7.15. The van der Waals surface area contributed by atoms with Gasteiger partial charge in [-0.25, -0.2) is 15.0 Å². The summed E-state index contributed by atoms with van der Waals surface area (Å²) in [6, 6.07) is 2.43. The van der Waals surface area contributed by atoms with Crippen LogP contribution in [0.3, 0.4) is 0 Å². The molecular formula is C19H20F3N7O2. The molecule has 3 heterocycles. The quantitative estimate of drug-likeness (QED) is 0.552. The van der Waals surface area contributed by atoms with Gasteiger partial charge in [0.15, 0.2) is 5.82 Å². The van der Waals surface area contributed by atoms with Crippen LogP contribution in [0.5, 0.6) is 5.88 Å². The number of nitrogens with one attached hydrogen (secondary N) is 1. The minimum absolute atomic E-state index is 0.0108. The number of methoxy groups -OCH3 is 1. The summed E-state index contributed by atoms with van der Waals surface area (Å²) in [5.74, 6) is 0.0337. The topological polar surface area (TPSA) is 132 Å². The molecule has 164 valence electrons. The van der Waals surface area contributed by atoms with Crippen LogP contribution in [-0.4, -0.2) is 37.1 Å². The average molecular weight is 435 g/mol. The number of anilines is 3. The van der Waals surface area contributed by atoms with Crippen molar-refractivity contribution in [3.8, 4) is 17.3 Å². The van der Waals surface area contributed by atoms with E-state index < -0.39 is 23.2 Å². The molecular weight excluding hydrogens is 415 g/mol. The summed E-state index contributed by atoms with van der Waals surface area (Å²) in [5.41, 5.74) is 4.19. The first kappa shape index (κ1) is 22.2. The van der Waals surface area contributed by atoms with E-state index in [9.17, 15) is 18.3 Å². The monoisotopic (exact) mass is 435 g/mol. The summed E-state index contributed by atoms with van der Waals surface area (Å²) in [6.45, 7) is 4.75. The Balaban J connectivity index is 2.13. The molecule has 0 spiro atoms. The Morgan fingerprint density at radius 2 is 1.77 bits per heavy atom. The van der Waals surface area contributed by atoms with Crippen LogP contribution in [0.25, 0.3) is 11.4 Å². The molecule has 3 aromatic rings. The number of pyridine rings is 2. The van der Waals surface area contributed by atoms with Crippen LogP contribution in [-0.2, 0) is 11.8 Å². The number of ether oxygens (including phenoxy) is 1. The van der Waals surface area contributed by atoms with Crippen LogP contribution >= 0.6 is 0 Å². The van der Waals surface area contributed by atoms with Crippen molar-refractivity contribution in [3.05, 3.63) is 41.5 Å². The zero-order valence-corrected chi connectivity index (χ0v) is 17.1. The number of rotatable bonds is 5. The summed E-state index contributed by atoms with van der Waals surface area (Å²) in [7, 11) is 1.10. The van der Waals surface area contributed by atoms with Crippen molar-refractivity contribution in [3.63, 3.8) is 0 Å². The smallest absolute Gasteiger partial charge is 0.421 e. The lowest BCUT2D eigenvalue weighted by Gasteiger charge is -2.20. The zero-order chi connectivity index (χ0) is 23.0. The minimum Gasteiger partial charge on any atom is -0.481 e. The number of halogens is 3. The molecule has 0 unspecified atom stereocenters. The van der Waals surface area contributed by atoms with Crippen molar-refractivity contribution in [2.75, 3.05) is 18.2 Å². The molecule has 3 rings (SSSR count). The molecule has 4 N–H and O–H groups in total. The van der Waals surface area contributed by atoms with E-state index in [1.54, 1.807) is 26.8 Å². The SMILES string of the molecule is COc1ncc(Nc2ncc(C(C)(C)O)cc2-c2nc(C)nc(N)n2)cc1C(F)(F)F. The molecule has 0 bridgehead atoms. The highest BCUT2D eigenvalue weighted by atomic mass is 19.4. The van der Waals surface area contributed by atoms with Crippen LogP contribution in [0, 0.1) is 6.92 Å². The van der Waals surface area contributed by atoms with E-state index in [-0.39, 0.29) is 23.3 Å². The van der Waals surface area contributed by atoms with Crippen molar-refractivity contribution in [2.24, 2.45) is 0 Å². The fourth-order valence-corrected chi connectivity index (χ4v) is 2.72. The Kier molecular flexibility index (Phi) is 5.68. The van der Waals surface area contributed by atoms with Crippen LogP contribution < -0.4 is 15.8 Å². The first-order chi connectivity index (χ1) is 14.4. The molecule has 0 aliphatic rings. The summed E-state index contributed by atoms with van der Waals surface area (Å²) < 4.78 is 44.7. The van der Waals surface area contributed by atoms with Gasteiger partial charge >= 0.3 is 6.18 Å². The van der Waals surface area contributed by atoms with E-state index in [1.807, 2.05) is 0 Å². The van der Waals surface area contributed by atoms with E-state index in [0.29, 0.717) is 17.0 Å². The first-order valence-electron chi connectivity index (χ1n) is 8.98. The molecule has 0 aliphatic carbocycles. The molecule has 0 aromatic carbocycles. The number of nitrogens with zero attached hydrogens (tertiary/aromatic N) is 5. The number of nitrogens with two attached hydrogens (primary N) is 1. The fourth-order valence-electron chi connectivity index (χ4n) is 2.72. The van der Waals surface area contributed by atoms with Gasteiger partial charge in [0.2, 0.25) is 11.8 Å². The lowest BCUT2D eigenvalue weighted by Crippen LogP contribution is -2.16. The highest BCUT2D eigenvalue weighted by molar-refractivity contribution is 5.75. The summed E-state index contributed by atoms with van der Waals surface area (Å²) in [6.07, 6.45) is -2.10. The maximum absolute atomic E-state index is 13.3. The van der Waals surface area contributed by atoms with E-state index >= 15 is 0 Å². The molecule has 0 amide bonds. The van der Waals surface area contributed by atoms with Gasteiger partial charge in [-0.2, -0.15) is 23.1 Å². The summed E-state index contributed by atoms with van der Waals surface area (Å²) in [5, 5.41) is 13.1. The van der Waals surface area contributed by atoms with E-state index in [4.69, 9.17) is 10.5 Å². The second-order valence-electron chi connectivity index (χ2n) is 7.15. The summed E-state index contributed by atoms with van der Waals surface area (Å²) >= 11 is 0. The van der Waals surface area contributed by atoms with Crippen LogP contribution in [0.1, 0.15) is 30.8 Å². The van der Waals surface area contributed by atoms with Crippen molar-refractivity contribution < 1.29 is 23.0 Å². The molecule has 0 fully saturated rings. The van der Waals surface area contributed by atoms with Crippen molar-refractivity contribution in [2.45, 2.75) is 32.5 Å². The number of hydrogen-bond acceptors (Lipinski definition) is 9. The Bertz CT molecular complexity index is 1090. The highest BCUT2D eigenvalue weighted by Gasteiger charge is 2.35. The van der Waals surface area contributed by atoms with Gasteiger partial charge in [0.05, 0.1) is 30.2 Å². The Labute approximate surface area is 175 Å². The van der Waals surface area contributed by atoms with E-state index in [2.05, 4.69) is 30.2 Å². The molecule has 0 radical (unpaired) electrons. The molecule has 12 heteroatoms. The van der Waals surface area contributed by atoms with Crippen molar-refractivity contribution in [1.29, 1.82) is 0 Å². The molecule has 0 aliphatic heterocycles. The number of aryl methyl sites for hydroxylation is 1. The van der Waals surface area contributed by atoms with E-state index in [1.165, 1.54) is 12.4 Å². The van der Waals surface area contributed by atoms with Crippen LogP contribution in [0.2, 0.25) is 0 Å². The van der Waals surface area contributed by atoms with Gasteiger partial charge in [-0.1, -0.05) is 0 Å². The minimum atomic E-state index is -4.67. The summed E-state index contributed by atoms with van der Waals surface area (Å²) in [4.78, 5) is 20.2. The predicted octanol–water partition coefficient (Wildman–Crippen LogP) is 3.22. The standard InChI is InChI=1S/C19H20F3N7O2/c1-9-26-15(29-17(23)27-9)12-5-10(18(2,3)30)7-24-14(12)28-11-6-13(19(20,21)22)16(31-4)25-8-11/h5-8,30H,1-4H3,(H,24,28)(H2,23,26,27,29). The van der Waals surface area contributed by atoms with Crippen molar-refractivity contribution >= 4 is 17.5 Å². The van der Waals surface area contributed by atoms with Gasteiger partial charge < -0.3 is 20.9 Å². The average Bonchev–Trinajstić information content (AvgIpc) is 2.66. The predicted molar refractivity (Wildman–Crippen MR) is 107 cm³/mol. The maximum Gasteiger partial charge on any atom is 0.421 e. The zero-order valence-electron chi connectivity index (χ0n) is 17.1. The Morgan fingerprint density at radius 1 is 1.06 bits per heavy atom. The van der Waals surface area contributed by atoms with E-state index in [0.717, 1.165) is 13.2 Å². The second kappa shape index (κ2) is 7.95. The Morgan fingerprint density at radius 3 is 2.35 bits per heavy atom. The fraction of sp³-hybridized carbons (Fsp3) is 0.316. The van der Waals surface area contributed by atoms with Crippen molar-refractivity contribution in [1.82, 2.24) is 24.9 Å². The molecule has 0 saturated carbocycles. The van der Waals surface area contributed by atoms with Crippen LogP contribution in [0.4, 0.5) is 30.6 Å². The largest absolute Gasteiger partial charge is 0.481 e. The van der Waals surface area contributed by atoms with Crippen LogP contribution in [0.15, 0.2) is 24.5 Å². The first-order valence-corrected chi connectivity index (χ1v) is 8.98.